The molecule has 3 aromatic carbocycles. The molecule has 4 amide bonds. The molecular formula is C60H73N11O8. The van der Waals surface area contributed by atoms with Crippen LogP contribution in [-0.4, -0.2) is 148 Å². The summed E-state index contributed by atoms with van der Waals surface area (Å²) in [6.45, 7) is 8.34. The van der Waals surface area contributed by atoms with Crippen molar-refractivity contribution in [2.24, 2.45) is 0 Å². The van der Waals surface area contributed by atoms with Crippen molar-refractivity contribution in [1.82, 2.24) is 55.7 Å². The highest BCUT2D eigenvalue weighted by Gasteiger charge is 2.40. The number of aliphatic hydroxyl groups excluding tert-OH is 1. The summed E-state index contributed by atoms with van der Waals surface area (Å²) in [4.78, 5) is 89.0. The van der Waals surface area contributed by atoms with E-state index in [4.69, 9.17) is 14.6 Å². The van der Waals surface area contributed by atoms with E-state index in [1.54, 1.807) is 40.3 Å². The van der Waals surface area contributed by atoms with Crippen LogP contribution in [-0.2, 0) is 45.0 Å². The van der Waals surface area contributed by atoms with Crippen molar-refractivity contribution < 1.29 is 38.6 Å². The summed E-state index contributed by atoms with van der Waals surface area (Å²) >= 11 is 0. The van der Waals surface area contributed by atoms with Gasteiger partial charge in [0.15, 0.2) is 5.78 Å². The number of hydrogen-bond acceptors (Lipinski definition) is 15. The molecule has 9 rings (SSSR count). The number of benzene rings is 3. The quantitative estimate of drug-likeness (QED) is 0.0621. The van der Waals surface area contributed by atoms with Crippen LogP contribution in [0.5, 0.6) is 0 Å². The zero-order valence-corrected chi connectivity index (χ0v) is 45.7. The molecule has 0 bridgehead atoms. The first-order chi connectivity index (χ1) is 38.4. The zero-order chi connectivity index (χ0) is 56.1. The largest absolute Gasteiger partial charge is 0.462 e. The van der Waals surface area contributed by atoms with Gasteiger partial charge in [-0.1, -0.05) is 91.0 Å². The average molecular weight is 1080 g/mol. The zero-order valence-electron chi connectivity index (χ0n) is 45.7. The molecule has 0 saturated carbocycles. The van der Waals surface area contributed by atoms with E-state index in [9.17, 15) is 24.0 Å². The SMILES string of the molecule is CCOC(=O)c1cnc(CC2(c3ccccc3)CCN(C(=O)NC)CC2)nc1.CCOC(=O)c1cnc(CC2(c3ccccc3)CCNCC2)nc1.CNC(=O)N1CCC(Cc2ncc(C(=O)CO)cn2)(c2ccccc2)CC1. The molecule has 416 valence electrons. The number of urea groups is 2. The number of nitrogens with one attached hydrogen (secondary N) is 3. The van der Waals surface area contributed by atoms with E-state index in [0.717, 1.165) is 63.9 Å². The molecule has 3 aliphatic rings. The number of hydrogen-bond donors (Lipinski definition) is 4. The van der Waals surface area contributed by atoms with E-state index in [0.29, 0.717) is 80.6 Å². The van der Waals surface area contributed by atoms with Gasteiger partial charge in [-0.25, -0.2) is 49.1 Å². The lowest BCUT2D eigenvalue weighted by Crippen LogP contribution is -2.49. The maximum Gasteiger partial charge on any atom is 0.341 e. The molecule has 6 heterocycles. The molecule has 0 spiro atoms. The fraction of sp³-hybridized carbons (Fsp3) is 0.417. The van der Waals surface area contributed by atoms with Crippen LogP contribution >= 0.6 is 0 Å². The first kappa shape index (κ1) is 58.6. The van der Waals surface area contributed by atoms with Crippen LogP contribution in [0.2, 0.25) is 0 Å². The lowest BCUT2D eigenvalue weighted by molar-refractivity contribution is 0.0515. The van der Waals surface area contributed by atoms with Gasteiger partial charge in [-0.3, -0.25) is 4.79 Å². The van der Waals surface area contributed by atoms with E-state index in [1.807, 2.05) is 52.3 Å². The highest BCUT2D eigenvalue weighted by atomic mass is 16.5. The summed E-state index contributed by atoms with van der Waals surface area (Å²) in [5.41, 5.74) is 4.59. The Bertz CT molecular complexity index is 2880. The molecule has 0 radical (unpaired) electrons. The van der Waals surface area contributed by atoms with Crippen LogP contribution < -0.4 is 16.0 Å². The second kappa shape index (κ2) is 28.6. The lowest BCUT2D eigenvalue weighted by atomic mass is 9.70. The second-order valence-electron chi connectivity index (χ2n) is 20.0. The van der Waals surface area contributed by atoms with Gasteiger partial charge in [0.05, 0.1) is 29.9 Å². The third kappa shape index (κ3) is 15.4. The van der Waals surface area contributed by atoms with Crippen LogP contribution in [0.4, 0.5) is 9.59 Å². The van der Waals surface area contributed by atoms with E-state index < -0.39 is 18.4 Å². The number of carbonyl (C=O) groups excluding carboxylic acids is 5. The highest BCUT2D eigenvalue weighted by Crippen LogP contribution is 2.40. The normalized spacial score (nSPS) is 16.1. The number of nitrogens with zero attached hydrogens (tertiary/aromatic N) is 8. The minimum Gasteiger partial charge on any atom is -0.462 e. The van der Waals surface area contributed by atoms with E-state index in [2.05, 4.69) is 94.4 Å². The Balaban J connectivity index is 0.000000172. The smallest absolute Gasteiger partial charge is 0.341 e. The maximum atomic E-state index is 12.0. The molecule has 19 nitrogen and oxygen atoms in total. The monoisotopic (exact) mass is 1080 g/mol. The van der Waals surface area contributed by atoms with Crippen LogP contribution in [0.15, 0.2) is 128 Å². The number of carbonyl (C=O) groups is 5. The molecule has 0 atom stereocenters. The van der Waals surface area contributed by atoms with E-state index in [-0.39, 0.29) is 34.3 Å². The van der Waals surface area contributed by atoms with E-state index >= 15 is 0 Å². The van der Waals surface area contributed by atoms with Crippen LogP contribution in [0.1, 0.15) is 118 Å². The Labute approximate surface area is 462 Å². The first-order valence-electron chi connectivity index (χ1n) is 27.1. The number of Topliss-reactive ketones (excluding diaryl/α,β-unsaturated/α-hetero) is 1. The van der Waals surface area contributed by atoms with Gasteiger partial charge in [-0.2, -0.15) is 0 Å². The second-order valence-corrected chi connectivity index (χ2v) is 20.0. The van der Waals surface area contributed by atoms with Crippen molar-refractivity contribution >= 4 is 29.8 Å². The number of aromatic nitrogens is 6. The molecule has 0 unspecified atom stereocenters. The van der Waals surface area contributed by atoms with Crippen LogP contribution in [0, 0.1) is 0 Å². The minimum atomic E-state index is -0.550. The lowest BCUT2D eigenvalue weighted by Gasteiger charge is -2.42. The Morgan fingerprint density at radius 3 is 1.09 bits per heavy atom. The summed E-state index contributed by atoms with van der Waals surface area (Å²) in [6.07, 6.45) is 16.6. The third-order valence-corrected chi connectivity index (χ3v) is 15.3. The summed E-state index contributed by atoms with van der Waals surface area (Å²) < 4.78 is 9.97. The van der Waals surface area contributed by atoms with Crippen molar-refractivity contribution in [2.75, 3.05) is 73.2 Å². The van der Waals surface area contributed by atoms with Crippen molar-refractivity contribution in [3.63, 3.8) is 0 Å². The molecule has 6 aromatic rings. The van der Waals surface area contributed by atoms with Crippen molar-refractivity contribution in [3.8, 4) is 0 Å². The first-order valence-corrected chi connectivity index (χ1v) is 27.1. The summed E-state index contributed by atoms with van der Waals surface area (Å²) in [5.74, 6) is 0.938. The highest BCUT2D eigenvalue weighted by molar-refractivity contribution is 5.96. The molecule has 3 aromatic heterocycles. The summed E-state index contributed by atoms with van der Waals surface area (Å²) in [5, 5.41) is 17.8. The fourth-order valence-corrected chi connectivity index (χ4v) is 10.7. The molecule has 19 heteroatoms. The average Bonchev–Trinajstić information content (AvgIpc) is 3.53. The van der Waals surface area contributed by atoms with Crippen molar-refractivity contribution in [1.29, 1.82) is 0 Å². The number of ether oxygens (including phenoxy) is 2. The predicted molar refractivity (Wildman–Crippen MR) is 298 cm³/mol. The topological polar surface area (TPSA) is 244 Å². The minimum absolute atomic E-state index is 0.0447. The van der Waals surface area contributed by atoms with Gasteiger partial charge in [0, 0.05) is 113 Å². The van der Waals surface area contributed by atoms with Crippen LogP contribution in [0.25, 0.3) is 0 Å². The Morgan fingerprint density at radius 1 is 0.494 bits per heavy atom. The molecule has 79 heavy (non-hydrogen) atoms. The van der Waals surface area contributed by atoms with Gasteiger partial charge in [0.1, 0.15) is 24.1 Å². The van der Waals surface area contributed by atoms with Gasteiger partial charge >= 0.3 is 24.0 Å². The molecule has 3 fully saturated rings. The molecule has 4 N–H and O–H groups in total. The Kier molecular flexibility index (Phi) is 21.2. The van der Waals surface area contributed by atoms with Crippen LogP contribution in [0.3, 0.4) is 0 Å². The van der Waals surface area contributed by atoms with Gasteiger partial charge in [0.2, 0.25) is 0 Å². The van der Waals surface area contributed by atoms with Gasteiger partial charge in [0.25, 0.3) is 0 Å². The number of rotatable bonds is 15. The fourth-order valence-electron chi connectivity index (χ4n) is 10.7. The number of amides is 4. The Morgan fingerprint density at radius 2 is 0.797 bits per heavy atom. The van der Waals surface area contributed by atoms with E-state index in [1.165, 1.54) is 41.5 Å². The van der Waals surface area contributed by atoms with Gasteiger partial charge < -0.3 is 40.3 Å². The number of likely N-dealkylation sites (tertiary alicyclic amines) is 2. The van der Waals surface area contributed by atoms with Crippen molar-refractivity contribution in [2.45, 2.75) is 87.9 Å². The maximum absolute atomic E-state index is 12.0. The number of esters is 2. The number of ketones is 1. The number of aliphatic hydroxyl groups is 1. The van der Waals surface area contributed by atoms with Gasteiger partial charge in [-0.15, -0.1) is 0 Å². The molecule has 3 aliphatic heterocycles. The molecule has 3 saturated heterocycles. The third-order valence-electron chi connectivity index (χ3n) is 15.3. The number of piperidine rings is 3. The molecule has 0 aliphatic carbocycles. The Hall–Kier alpha value is -8.03. The van der Waals surface area contributed by atoms with Gasteiger partial charge in [-0.05, 0) is 82.2 Å². The predicted octanol–water partition coefficient (Wildman–Crippen LogP) is 6.65. The summed E-state index contributed by atoms with van der Waals surface area (Å²) in [7, 11) is 3.30. The standard InChI is InChI=1S/C21H26N4O3.C20H24N4O3.C19H23N3O2/c1-3-28-19(26)16-14-23-18(24-15-16)13-21(17-7-5-4-6-8-17)9-11-25(12-10-21)20(27)22-2;1-21-19(27)24-9-7-20(8-10-24,16-5-3-2-4-6-16)11-18-22-12-15(13-23-18)17(26)14-25;1-2-24-18(23)15-13-21-17(22-14-15)12-19(8-10-20-11-9-19)16-6-4-3-5-7-16/h4-8,14-15H,3,9-13H2,1-2H3,(H,22,27);2-6,12-13,25H,7-11,14H2,1H3,(H,21,27);3-7,13-14,20H,2,8-12H2,1H3. The van der Waals surface area contributed by atoms with Crippen molar-refractivity contribution in [3.05, 3.63) is 179 Å². The molecular weight excluding hydrogens is 1000 g/mol. The summed E-state index contributed by atoms with van der Waals surface area (Å²) in [6, 6.07) is 31.1.